The summed E-state index contributed by atoms with van der Waals surface area (Å²) in [6.07, 6.45) is 3.71. The number of carbonyl (C=O) groups excluding carboxylic acids is 2. The highest BCUT2D eigenvalue weighted by Gasteiger charge is 2.58. The van der Waals surface area contributed by atoms with Gasteiger partial charge in [0, 0.05) is 133 Å². The highest BCUT2D eigenvalue weighted by Crippen LogP contribution is 2.73. The van der Waals surface area contributed by atoms with Crippen molar-refractivity contribution in [3.05, 3.63) is 249 Å². The summed E-state index contributed by atoms with van der Waals surface area (Å²) in [5, 5.41) is 40.2. The fraction of sp³-hybridized carbons (Fsp3) is 0.0811. The van der Waals surface area contributed by atoms with E-state index in [4.69, 9.17) is 0 Å². The first kappa shape index (κ1) is 56.6. The second kappa shape index (κ2) is 20.7. The number of aryl methyl sites for hydroxylation is 4. The van der Waals surface area contributed by atoms with Crippen molar-refractivity contribution >= 4 is 199 Å². The van der Waals surface area contributed by atoms with Crippen molar-refractivity contribution in [3.8, 4) is 63.3 Å². The fourth-order valence-corrected chi connectivity index (χ4v) is 29.5. The number of nitrogens with zero attached hydrogens (tertiary/aromatic N) is 4. The Balaban J connectivity index is 0.817. The standard InChI is InChI=1S/C74H36N4O2S12/c1-33-13-21-53(81-33)73(54-22-14-34(2)82-54)59-65-51(27-49(87-65)47-19-17-39(85-47)25-45-57(37(29-75)30-76)41-9-5-7-11-43(41)63(45)79)89-67(59)69-61(73)71-72(91-69)62-70(92-71)68-60(74(62,55-23-15-35(3)83-55)56-24-16-36(4)84-56)66-52(90-68)28-50(88-66)48-20-18-40(86-48)26-46-58(38(31-77)32-78)42-10-6-8-12-44(42)64(46)80/h5-28H,1-4H3/b45-25-,46-26-. The van der Waals surface area contributed by atoms with Gasteiger partial charge in [-0.05, 0) is 136 Å². The molecular weight excluding hydrogens is 1360 g/mol. The molecule has 0 atom stereocenters. The van der Waals surface area contributed by atoms with Crippen molar-refractivity contribution < 1.29 is 9.59 Å². The number of hydrogen-bond acceptors (Lipinski definition) is 18. The zero-order chi connectivity index (χ0) is 62.4. The second-order valence-electron chi connectivity index (χ2n) is 22.8. The fourth-order valence-electron chi connectivity index (χ4n) is 14.1. The van der Waals surface area contributed by atoms with Crippen molar-refractivity contribution in [1.82, 2.24) is 0 Å². The Morgan fingerprint density at radius 2 is 0.696 bits per heavy atom. The van der Waals surface area contributed by atoms with Gasteiger partial charge < -0.3 is 0 Å². The van der Waals surface area contributed by atoms with Crippen LogP contribution in [0.3, 0.4) is 0 Å². The van der Waals surface area contributed by atoms with Crippen molar-refractivity contribution in [3.63, 3.8) is 0 Å². The smallest absolute Gasteiger partial charge is 0.194 e. The summed E-state index contributed by atoms with van der Waals surface area (Å²) in [7, 11) is 0. The lowest BCUT2D eigenvalue weighted by atomic mass is 9.75. The first-order chi connectivity index (χ1) is 44.8. The molecule has 436 valence electrons. The molecule has 0 N–H and O–H groups in total. The minimum atomic E-state index is -0.601. The molecule has 0 unspecified atom stereocenters. The quantitative estimate of drug-likeness (QED) is 0.110. The molecular formula is C74H36N4O2S12. The molecule has 18 rings (SSSR count). The number of hydrogen-bond donors (Lipinski definition) is 0. The summed E-state index contributed by atoms with van der Waals surface area (Å²) in [4.78, 5) is 49.9. The van der Waals surface area contributed by atoms with Crippen LogP contribution in [0.15, 0.2) is 156 Å². The van der Waals surface area contributed by atoms with Gasteiger partial charge in [0.1, 0.15) is 35.4 Å². The molecule has 0 saturated heterocycles. The van der Waals surface area contributed by atoms with Crippen LogP contribution in [0.25, 0.3) is 90.5 Å². The van der Waals surface area contributed by atoms with Crippen LogP contribution in [-0.4, -0.2) is 11.6 Å². The number of nitriles is 4. The lowest BCUT2D eigenvalue weighted by Gasteiger charge is -2.30. The number of Topliss-reactive ketones (excluding diaryl/α,β-unsaturated/α-hetero) is 2. The molecule has 0 radical (unpaired) electrons. The molecule has 0 aliphatic heterocycles. The lowest BCUT2D eigenvalue weighted by Crippen LogP contribution is -2.26. The zero-order valence-electron chi connectivity index (χ0n) is 48.4. The number of benzene rings is 2. The molecule has 14 aromatic rings. The van der Waals surface area contributed by atoms with Gasteiger partial charge in [-0.3, -0.25) is 9.59 Å². The van der Waals surface area contributed by atoms with E-state index in [2.05, 4.69) is 125 Å². The van der Waals surface area contributed by atoms with Crippen LogP contribution in [0.1, 0.15) is 103 Å². The van der Waals surface area contributed by atoms with Gasteiger partial charge in [-0.25, -0.2) is 0 Å². The SMILES string of the molecule is Cc1ccc(C2(c3ccc(C)s3)c3c(sc4cc(-c5ccc(/C=C6\C(=O)c7ccccc7C6=C(C#N)C#N)s5)sc34)-c3sc4c5c(sc4c32)-c2sc3cc(-c4ccc(/C=C6\C(=O)c7ccccc7C6=C(C#N)C#N)s4)sc3c2C5(c2ccc(C)s2)c2ccc(C)s2)s1. The van der Waals surface area contributed by atoms with Crippen LogP contribution in [0, 0.1) is 73.0 Å². The first-order valence-electron chi connectivity index (χ1n) is 28.9. The Morgan fingerprint density at radius 1 is 0.359 bits per heavy atom. The Hall–Kier alpha value is -8.12. The number of ketones is 2. The summed E-state index contributed by atoms with van der Waals surface area (Å²) in [5.74, 6) is -0.366. The number of rotatable bonds is 8. The van der Waals surface area contributed by atoms with Crippen LogP contribution in [0.5, 0.6) is 0 Å². The predicted molar refractivity (Wildman–Crippen MR) is 392 cm³/mol. The molecule has 0 saturated carbocycles. The Kier molecular flexibility index (Phi) is 12.7. The van der Waals surface area contributed by atoms with Gasteiger partial charge in [0.2, 0.25) is 0 Å². The number of allylic oxidation sites excluding steroid dienone is 6. The summed E-state index contributed by atoms with van der Waals surface area (Å²) in [5.41, 5.74) is 7.97. The van der Waals surface area contributed by atoms with Crippen molar-refractivity contribution in [2.75, 3.05) is 0 Å². The van der Waals surface area contributed by atoms with E-state index in [0.717, 1.165) is 29.3 Å². The second-order valence-corrected chi connectivity index (χ2v) is 36.5. The maximum atomic E-state index is 14.0. The van der Waals surface area contributed by atoms with Gasteiger partial charge in [0.05, 0.1) is 49.1 Å². The average molecular weight is 1400 g/mol. The van der Waals surface area contributed by atoms with Crippen molar-refractivity contribution in [2.45, 2.75) is 38.5 Å². The third kappa shape index (κ3) is 7.69. The third-order valence-corrected chi connectivity index (χ3v) is 32.4. The zero-order valence-corrected chi connectivity index (χ0v) is 58.2. The monoisotopic (exact) mass is 1400 g/mol. The molecule has 12 heterocycles. The van der Waals surface area contributed by atoms with Crippen LogP contribution < -0.4 is 0 Å². The minimum absolute atomic E-state index is 0.0698. The van der Waals surface area contributed by atoms with Gasteiger partial charge in [0.15, 0.2) is 11.6 Å². The molecule has 4 aliphatic rings. The van der Waals surface area contributed by atoms with Gasteiger partial charge in [-0.1, -0.05) is 48.5 Å². The summed E-state index contributed by atoms with van der Waals surface area (Å²) in [6, 6.07) is 54.6. The van der Waals surface area contributed by atoms with Crippen LogP contribution in [0.4, 0.5) is 0 Å². The molecule has 2 aromatic carbocycles. The molecule has 0 fully saturated rings. The van der Waals surface area contributed by atoms with Gasteiger partial charge >= 0.3 is 0 Å². The summed E-state index contributed by atoms with van der Waals surface area (Å²) in [6.45, 7) is 8.92. The van der Waals surface area contributed by atoms with Crippen molar-refractivity contribution in [2.24, 2.45) is 0 Å². The van der Waals surface area contributed by atoms with Gasteiger partial charge in [0.25, 0.3) is 0 Å². The third-order valence-electron chi connectivity index (χ3n) is 17.8. The van der Waals surface area contributed by atoms with E-state index in [1.165, 1.54) is 109 Å². The Labute approximate surface area is 574 Å². The normalized spacial score (nSPS) is 15.6. The molecule has 0 bridgehead atoms. The minimum Gasteiger partial charge on any atom is -0.289 e. The molecule has 6 nitrogen and oxygen atoms in total. The predicted octanol–water partition coefficient (Wildman–Crippen LogP) is 23.3. The molecule has 4 aliphatic carbocycles. The summed E-state index contributed by atoms with van der Waals surface area (Å²) < 4.78 is 7.80. The molecule has 0 spiro atoms. The van der Waals surface area contributed by atoms with E-state index in [1.54, 1.807) is 34.8 Å². The topological polar surface area (TPSA) is 129 Å². The van der Waals surface area contributed by atoms with Gasteiger partial charge in [-0.2, -0.15) is 21.0 Å². The first-order valence-corrected chi connectivity index (χ1v) is 38.7. The molecule has 0 amide bonds. The Bertz CT molecular complexity index is 5540. The number of carbonyl (C=O) groups is 2. The van der Waals surface area contributed by atoms with E-state index in [0.29, 0.717) is 44.5 Å². The van der Waals surface area contributed by atoms with Crippen LogP contribution in [-0.2, 0) is 10.8 Å². The summed E-state index contributed by atoms with van der Waals surface area (Å²) >= 11 is 22.4. The van der Waals surface area contributed by atoms with Gasteiger partial charge in [-0.15, -0.1) is 136 Å². The molecule has 18 heteroatoms. The highest BCUT2D eigenvalue weighted by atomic mass is 32.1. The van der Waals surface area contributed by atoms with E-state index < -0.39 is 10.8 Å². The maximum Gasteiger partial charge on any atom is 0.194 e. The average Bonchev–Trinajstić information content (AvgIpc) is 1.48. The molecule has 12 aromatic heterocycles. The van der Waals surface area contributed by atoms with E-state index in [1.807, 2.05) is 174 Å². The Morgan fingerprint density at radius 3 is 1.03 bits per heavy atom. The van der Waals surface area contributed by atoms with Crippen LogP contribution in [0.2, 0.25) is 0 Å². The maximum absolute atomic E-state index is 14.0. The van der Waals surface area contributed by atoms with Crippen LogP contribution >= 0.6 is 136 Å². The number of thiophene rings is 12. The number of fused-ring (bicyclic) bond motifs is 15. The highest BCUT2D eigenvalue weighted by molar-refractivity contribution is 7.39. The largest absolute Gasteiger partial charge is 0.289 e. The van der Waals surface area contributed by atoms with E-state index in [-0.39, 0.29) is 22.7 Å². The van der Waals surface area contributed by atoms with E-state index >= 15 is 0 Å². The van der Waals surface area contributed by atoms with E-state index in [9.17, 15) is 30.6 Å². The van der Waals surface area contributed by atoms with Crippen molar-refractivity contribution in [1.29, 1.82) is 21.0 Å². The lowest BCUT2D eigenvalue weighted by molar-refractivity contribution is 0.103. The molecule has 92 heavy (non-hydrogen) atoms.